The average Bonchev–Trinajstić information content (AvgIpc) is 2.19. The highest BCUT2D eigenvalue weighted by Crippen LogP contribution is 2.35. The summed E-state index contributed by atoms with van der Waals surface area (Å²) < 4.78 is 5.06. The first-order chi connectivity index (χ1) is 6.60. The molecule has 1 N–H and O–H groups in total. The van der Waals surface area contributed by atoms with Crippen LogP contribution in [0.1, 0.15) is 18.4 Å². The van der Waals surface area contributed by atoms with Crippen LogP contribution in [0.15, 0.2) is 12.1 Å². The Hall–Kier alpha value is -0.440. The minimum atomic E-state index is -0.0462. The molecule has 0 radical (unpaired) electrons. The molecule has 1 atom stereocenters. The first-order valence-electron chi connectivity index (χ1n) is 4.24. The van der Waals surface area contributed by atoms with Crippen LogP contribution in [0.5, 0.6) is 5.75 Å². The smallest absolute Gasteiger partial charge is 0.139 e. The van der Waals surface area contributed by atoms with Gasteiger partial charge in [0.2, 0.25) is 0 Å². The second kappa shape index (κ2) is 4.87. The largest absolute Gasteiger partial charge is 0.495 e. The lowest BCUT2D eigenvalue weighted by molar-refractivity contribution is 0.273. The summed E-state index contributed by atoms with van der Waals surface area (Å²) >= 11 is 11.9. The SMILES string of the molecule is COc1cc(Cl)cc(C(C)CO)c1Cl. The minimum absolute atomic E-state index is 0.0310. The van der Waals surface area contributed by atoms with Crippen LogP contribution in [0.4, 0.5) is 0 Å². The fourth-order valence-corrected chi connectivity index (χ4v) is 1.78. The van der Waals surface area contributed by atoms with Crippen molar-refractivity contribution in [3.63, 3.8) is 0 Å². The second-order valence-electron chi connectivity index (χ2n) is 3.09. The molecule has 2 nitrogen and oxygen atoms in total. The highest BCUT2D eigenvalue weighted by Gasteiger charge is 2.13. The molecule has 0 aliphatic rings. The number of aliphatic hydroxyl groups is 1. The highest BCUT2D eigenvalue weighted by molar-refractivity contribution is 6.35. The maximum atomic E-state index is 9.02. The Labute approximate surface area is 93.4 Å². The van der Waals surface area contributed by atoms with Crippen molar-refractivity contribution in [1.82, 2.24) is 0 Å². The normalized spacial score (nSPS) is 12.6. The predicted octanol–water partition coefficient (Wildman–Crippen LogP) is 3.10. The van der Waals surface area contributed by atoms with Crippen molar-refractivity contribution in [1.29, 1.82) is 0 Å². The van der Waals surface area contributed by atoms with E-state index in [0.717, 1.165) is 5.56 Å². The van der Waals surface area contributed by atoms with Crippen LogP contribution in [-0.2, 0) is 0 Å². The fraction of sp³-hybridized carbons (Fsp3) is 0.400. The lowest BCUT2D eigenvalue weighted by Crippen LogP contribution is -2.01. The number of hydrogen-bond donors (Lipinski definition) is 1. The van der Waals surface area contributed by atoms with Gasteiger partial charge in [0.05, 0.1) is 12.1 Å². The van der Waals surface area contributed by atoms with Gasteiger partial charge in [-0.15, -0.1) is 0 Å². The van der Waals surface area contributed by atoms with E-state index in [1.807, 2.05) is 6.92 Å². The van der Waals surface area contributed by atoms with E-state index in [0.29, 0.717) is 15.8 Å². The van der Waals surface area contributed by atoms with Crippen LogP contribution < -0.4 is 4.74 Å². The maximum Gasteiger partial charge on any atom is 0.139 e. The summed E-state index contributed by atoms with van der Waals surface area (Å²) in [5.74, 6) is 0.490. The fourth-order valence-electron chi connectivity index (χ4n) is 1.19. The first-order valence-corrected chi connectivity index (χ1v) is 4.99. The second-order valence-corrected chi connectivity index (χ2v) is 3.91. The van der Waals surface area contributed by atoms with Gasteiger partial charge in [-0.1, -0.05) is 30.1 Å². The summed E-state index contributed by atoms with van der Waals surface area (Å²) in [6, 6.07) is 3.39. The van der Waals surface area contributed by atoms with Gasteiger partial charge >= 0.3 is 0 Å². The number of hydrogen-bond acceptors (Lipinski definition) is 2. The van der Waals surface area contributed by atoms with Crippen molar-refractivity contribution in [3.8, 4) is 5.75 Å². The molecular formula is C10H12Cl2O2. The molecule has 0 saturated heterocycles. The van der Waals surface area contributed by atoms with E-state index in [1.165, 1.54) is 7.11 Å². The van der Waals surface area contributed by atoms with Crippen molar-refractivity contribution in [2.24, 2.45) is 0 Å². The van der Waals surface area contributed by atoms with E-state index in [4.69, 9.17) is 33.0 Å². The molecule has 0 aliphatic carbocycles. The van der Waals surface area contributed by atoms with Gasteiger partial charge in [-0.05, 0) is 11.6 Å². The summed E-state index contributed by atoms with van der Waals surface area (Å²) in [4.78, 5) is 0. The quantitative estimate of drug-likeness (QED) is 0.872. The molecule has 0 amide bonds. The maximum absolute atomic E-state index is 9.02. The third kappa shape index (κ3) is 2.32. The van der Waals surface area contributed by atoms with E-state index >= 15 is 0 Å². The summed E-state index contributed by atoms with van der Waals surface area (Å²) in [5.41, 5.74) is 0.804. The van der Waals surface area contributed by atoms with Crippen molar-refractivity contribution >= 4 is 23.2 Å². The first kappa shape index (κ1) is 11.6. The van der Waals surface area contributed by atoms with E-state index in [1.54, 1.807) is 12.1 Å². The van der Waals surface area contributed by atoms with Gasteiger partial charge in [0.1, 0.15) is 5.75 Å². The van der Waals surface area contributed by atoms with E-state index in [2.05, 4.69) is 0 Å². The molecule has 0 heterocycles. The molecule has 1 aromatic rings. The lowest BCUT2D eigenvalue weighted by atomic mass is 10.0. The Kier molecular flexibility index (Phi) is 4.05. The van der Waals surface area contributed by atoms with Crippen LogP contribution >= 0.6 is 23.2 Å². The molecule has 0 aliphatic heterocycles. The number of aliphatic hydroxyl groups excluding tert-OH is 1. The summed E-state index contributed by atoms with van der Waals surface area (Å²) in [6.07, 6.45) is 0. The topological polar surface area (TPSA) is 29.5 Å². The zero-order valence-corrected chi connectivity index (χ0v) is 9.56. The third-order valence-electron chi connectivity index (χ3n) is 2.06. The standard InChI is InChI=1S/C10H12Cl2O2/c1-6(5-13)8-3-7(11)4-9(14-2)10(8)12/h3-4,6,13H,5H2,1-2H3. The van der Waals surface area contributed by atoms with Crippen molar-refractivity contribution in [3.05, 3.63) is 27.7 Å². The van der Waals surface area contributed by atoms with Gasteiger partial charge in [0, 0.05) is 23.6 Å². The Bertz CT molecular complexity index is 326. The Morgan fingerprint density at radius 1 is 1.43 bits per heavy atom. The zero-order valence-electron chi connectivity index (χ0n) is 8.05. The Morgan fingerprint density at radius 2 is 2.07 bits per heavy atom. The van der Waals surface area contributed by atoms with E-state index in [-0.39, 0.29) is 12.5 Å². The van der Waals surface area contributed by atoms with Crippen molar-refractivity contribution < 1.29 is 9.84 Å². The van der Waals surface area contributed by atoms with Gasteiger partial charge in [0.15, 0.2) is 0 Å². The molecule has 0 spiro atoms. The molecular weight excluding hydrogens is 223 g/mol. The molecule has 0 fully saturated rings. The van der Waals surface area contributed by atoms with Gasteiger partial charge in [-0.3, -0.25) is 0 Å². The van der Waals surface area contributed by atoms with Crippen molar-refractivity contribution in [2.45, 2.75) is 12.8 Å². The number of ether oxygens (including phenoxy) is 1. The van der Waals surface area contributed by atoms with Crippen LogP contribution in [0.2, 0.25) is 10.0 Å². The van der Waals surface area contributed by atoms with Crippen LogP contribution in [-0.4, -0.2) is 18.8 Å². The zero-order chi connectivity index (χ0) is 10.7. The van der Waals surface area contributed by atoms with Gasteiger partial charge in [-0.25, -0.2) is 0 Å². The van der Waals surface area contributed by atoms with Gasteiger partial charge in [0.25, 0.3) is 0 Å². The molecule has 4 heteroatoms. The highest BCUT2D eigenvalue weighted by atomic mass is 35.5. The number of halogens is 2. The summed E-state index contributed by atoms with van der Waals surface area (Å²) in [6.45, 7) is 1.90. The molecule has 0 saturated carbocycles. The minimum Gasteiger partial charge on any atom is -0.495 e. The van der Waals surface area contributed by atoms with Gasteiger partial charge in [-0.2, -0.15) is 0 Å². The predicted molar refractivity (Wildman–Crippen MR) is 58.5 cm³/mol. The molecule has 78 valence electrons. The van der Waals surface area contributed by atoms with Crippen molar-refractivity contribution in [2.75, 3.05) is 13.7 Å². The Balaban J connectivity index is 3.21. The summed E-state index contributed by atoms with van der Waals surface area (Å²) in [7, 11) is 1.53. The van der Waals surface area contributed by atoms with E-state index < -0.39 is 0 Å². The molecule has 1 unspecified atom stereocenters. The van der Waals surface area contributed by atoms with Crippen LogP contribution in [0.25, 0.3) is 0 Å². The number of benzene rings is 1. The van der Waals surface area contributed by atoms with E-state index in [9.17, 15) is 0 Å². The lowest BCUT2D eigenvalue weighted by Gasteiger charge is -2.13. The molecule has 14 heavy (non-hydrogen) atoms. The number of rotatable bonds is 3. The molecule has 0 aromatic heterocycles. The van der Waals surface area contributed by atoms with Crippen LogP contribution in [0.3, 0.4) is 0 Å². The van der Waals surface area contributed by atoms with Gasteiger partial charge < -0.3 is 9.84 Å². The number of methoxy groups -OCH3 is 1. The summed E-state index contributed by atoms with van der Waals surface area (Å²) in [5, 5.41) is 10.1. The monoisotopic (exact) mass is 234 g/mol. The Morgan fingerprint density at radius 3 is 2.57 bits per heavy atom. The molecule has 1 rings (SSSR count). The molecule has 0 bridgehead atoms. The van der Waals surface area contributed by atoms with Crippen LogP contribution in [0, 0.1) is 0 Å². The third-order valence-corrected chi connectivity index (χ3v) is 2.68. The average molecular weight is 235 g/mol. The molecule has 1 aromatic carbocycles.